The molecule has 0 aliphatic rings. The smallest absolute Gasteiger partial charge is 0.0624 e. The topological polar surface area (TPSA) is 9.23 Å². The first kappa shape index (κ1) is 11.2. The molecule has 0 aromatic rings. The maximum atomic E-state index is 5.65. The Kier molecular flexibility index (Phi) is 5.11. The van der Waals surface area contributed by atoms with E-state index in [0.717, 1.165) is 13.0 Å². The third-order valence-electron chi connectivity index (χ3n) is 1.87. The Balaban J connectivity index is 3.52. The molecule has 1 nitrogen and oxygen atoms in total. The first-order valence-corrected chi connectivity index (χ1v) is 4.75. The molecule has 0 aromatic carbocycles. The van der Waals surface area contributed by atoms with Crippen LogP contribution in [0.4, 0.5) is 0 Å². The molecule has 0 aliphatic carbocycles. The van der Waals surface area contributed by atoms with Gasteiger partial charge in [-0.1, -0.05) is 13.8 Å². The van der Waals surface area contributed by atoms with Gasteiger partial charge in [0.1, 0.15) is 0 Å². The lowest BCUT2D eigenvalue weighted by molar-refractivity contribution is -0.0322. The van der Waals surface area contributed by atoms with Crippen LogP contribution in [0.15, 0.2) is 0 Å². The Morgan fingerprint density at radius 1 is 1.45 bits per heavy atom. The minimum atomic E-state index is 0.0142. The summed E-state index contributed by atoms with van der Waals surface area (Å²) in [5.41, 5.74) is 0.0142. The van der Waals surface area contributed by atoms with Crippen molar-refractivity contribution >= 4 is 11.6 Å². The van der Waals surface area contributed by atoms with Gasteiger partial charge in [-0.15, -0.1) is 11.6 Å². The molecule has 0 spiro atoms. The second-order valence-electron chi connectivity index (χ2n) is 3.68. The Labute approximate surface area is 75.1 Å². The summed E-state index contributed by atoms with van der Waals surface area (Å²) < 4.78 is 5.65. The quantitative estimate of drug-likeness (QED) is 0.588. The first-order valence-electron chi connectivity index (χ1n) is 4.21. The Bertz CT molecular complexity index is 102. The number of hydrogen-bond donors (Lipinski definition) is 0. The van der Waals surface area contributed by atoms with Gasteiger partial charge in [0, 0.05) is 5.88 Å². The number of rotatable bonds is 5. The van der Waals surface area contributed by atoms with Gasteiger partial charge in [-0.3, -0.25) is 0 Å². The van der Waals surface area contributed by atoms with Gasteiger partial charge in [-0.25, -0.2) is 0 Å². The Hall–Kier alpha value is 0.250. The zero-order valence-electron chi connectivity index (χ0n) is 7.98. The molecular weight excluding hydrogens is 160 g/mol. The van der Waals surface area contributed by atoms with Crippen LogP contribution in [0.3, 0.4) is 0 Å². The fourth-order valence-corrected chi connectivity index (χ4v) is 0.604. The van der Waals surface area contributed by atoms with Crippen LogP contribution in [0.2, 0.25) is 0 Å². The fraction of sp³-hybridized carbons (Fsp3) is 1.00. The lowest BCUT2D eigenvalue weighted by Gasteiger charge is -2.24. The molecule has 0 aliphatic heterocycles. The van der Waals surface area contributed by atoms with E-state index >= 15 is 0 Å². The molecule has 0 fully saturated rings. The molecule has 1 atom stereocenters. The molecule has 0 heterocycles. The molecule has 11 heavy (non-hydrogen) atoms. The standard InChI is InChI=1S/C9H19ClO/c1-5-9(3,4)11-7-8(2)6-10/h8H,5-7H2,1-4H3. The van der Waals surface area contributed by atoms with E-state index in [-0.39, 0.29) is 5.60 Å². The highest BCUT2D eigenvalue weighted by atomic mass is 35.5. The normalized spacial score (nSPS) is 15.0. The number of hydrogen-bond acceptors (Lipinski definition) is 1. The largest absolute Gasteiger partial charge is 0.375 e. The lowest BCUT2D eigenvalue weighted by Crippen LogP contribution is -2.26. The van der Waals surface area contributed by atoms with Crippen molar-refractivity contribution < 1.29 is 4.74 Å². The average molecular weight is 179 g/mol. The van der Waals surface area contributed by atoms with Gasteiger partial charge in [0.25, 0.3) is 0 Å². The van der Waals surface area contributed by atoms with E-state index in [1.165, 1.54) is 0 Å². The monoisotopic (exact) mass is 178 g/mol. The van der Waals surface area contributed by atoms with Crippen LogP contribution < -0.4 is 0 Å². The van der Waals surface area contributed by atoms with E-state index in [1.54, 1.807) is 0 Å². The van der Waals surface area contributed by atoms with Crippen LogP contribution in [-0.2, 0) is 4.74 Å². The van der Waals surface area contributed by atoms with Crippen molar-refractivity contribution in [2.24, 2.45) is 5.92 Å². The molecule has 0 N–H and O–H groups in total. The molecular formula is C9H19ClO. The molecule has 0 rings (SSSR count). The molecule has 2 heteroatoms. The Morgan fingerprint density at radius 2 is 2.00 bits per heavy atom. The maximum absolute atomic E-state index is 5.65. The van der Waals surface area contributed by atoms with E-state index in [4.69, 9.17) is 16.3 Å². The zero-order chi connectivity index (χ0) is 8.91. The number of halogens is 1. The van der Waals surface area contributed by atoms with Crippen LogP contribution in [0.5, 0.6) is 0 Å². The van der Waals surface area contributed by atoms with Crippen LogP contribution in [0.25, 0.3) is 0 Å². The lowest BCUT2D eigenvalue weighted by atomic mass is 10.1. The van der Waals surface area contributed by atoms with Gasteiger partial charge in [0.15, 0.2) is 0 Å². The van der Waals surface area contributed by atoms with Crippen molar-refractivity contribution in [1.82, 2.24) is 0 Å². The molecule has 0 saturated heterocycles. The molecule has 68 valence electrons. The molecule has 0 bridgehead atoms. The maximum Gasteiger partial charge on any atom is 0.0624 e. The third kappa shape index (κ3) is 5.51. The Morgan fingerprint density at radius 3 is 2.36 bits per heavy atom. The summed E-state index contributed by atoms with van der Waals surface area (Å²) >= 11 is 5.64. The highest BCUT2D eigenvalue weighted by molar-refractivity contribution is 6.18. The van der Waals surface area contributed by atoms with E-state index in [9.17, 15) is 0 Å². The summed E-state index contributed by atoms with van der Waals surface area (Å²) in [5, 5.41) is 0. The minimum absolute atomic E-state index is 0.0142. The van der Waals surface area contributed by atoms with Crippen molar-refractivity contribution in [3.63, 3.8) is 0 Å². The van der Waals surface area contributed by atoms with E-state index in [2.05, 4.69) is 27.7 Å². The first-order chi connectivity index (χ1) is 5.02. The van der Waals surface area contributed by atoms with E-state index < -0.39 is 0 Å². The SMILES string of the molecule is CCC(C)(C)OCC(C)CCl. The van der Waals surface area contributed by atoms with Crippen LogP contribution in [0.1, 0.15) is 34.1 Å². The number of ether oxygens (including phenoxy) is 1. The van der Waals surface area contributed by atoms with Gasteiger partial charge in [0.05, 0.1) is 12.2 Å². The van der Waals surface area contributed by atoms with E-state index in [0.29, 0.717) is 11.8 Å². The van der Waals surface area contributed by atoms with Crippen LogP contribution in [-0.4, -0.2) is 18.1 Å². The van der Waals surface area contributed by atoms with Gasteiger partial charge in [-0.05, 0) is 26.2 Å². The fourth-order valence-electron chi connectivity index (χ4n) is 0.514. The summed E-state index contributed by atoms with van der Waals surface area (Å²) in [5.74, 6) is 1.14. The highest BCUT2D eigenvalue weighted by Gasteiger charge is 2.15. The van der Waals surface area contributed by atoms with Crippen molar-refractivity contribution in [1.29, 1.82) is 0 Å². The third-order valence-corrected chi connectivity index (χ3v) is 2.40. The second-order valence-corrected chi connectivity index (χ2v) is 3.99. The van der Waals surface area contributed by atoms with Crippen molar-refractivity contribution in [3.8, 4) is 0 Å². The van der Waals surface area contributed by atoms with Crippen molar-refractivity contribution in [2.75, 3.05) is 12.5 Å². The minimum Gasteiger partial charge on any atom is -0.375 e. The number of alkyl halides is 1. The summed E-state index contributed by atoms with van der Waals surface area (Å²) in [6, 6.07) is 0. The summed E-state index contributed by atoms with van der Waals surface area (Å²) in [4.78, 5) is 0. The van der Waals surface area contributed by atoms with Crippen molar-refractivity contribution in [3.05, 3.63) is 0 Å². The summed E-state index contributed by atoms with van der Waals surface area (Å²) in [6.45, 7) is 9.20. The predicted octanol–water partition coefficient (Wildman–Crippen LogP) is 3.07. The van der Waals surface area contributed by atoms with Crippen LogP contribution in [0, 0.1) is 5.92 Å². The van der Waals surface area contributed by atoms with Gasteiger partial charge in [0.2, 0.25) is 0 Å². The van der Waals surface area contributed by atoms with Gasteiger partial charge < -0.3 is 4.74 Å². The van der Waals surface area contributed by atoms with Gasteiger partial charge in [-0.2, -0.15) is 0 Å². The van der Waals surface area contributed by atoms with E-state index in [1.807, 2.05) is 0 Å². The second kappa shape index (κ2) is 5.00. The summed E-state index contributed by atoms with van der Waals surface area (Å²) in [6.07, 6.45) is 1.04. The molecule has 0 aromatic heterocycles. The molecule has 1 unspecified atom stereocenters. The predicted molar refractivity (Wildman–Crippen MR) is 50.2 cm³/mol. The highest BCUT2D eigenvalue weighted by Crippen LogP contribution is 2.15. The summed E-state index contributed by atoms with van der Waals surface area (Å²) in [7, 11) is 0. The molecule has 0 amide bonds. The average Bonchev–Trinajstić information content (AvgIpc) is 2.00. The molecule has 0 saturated carbocycles. The molecule has 0 radical (unpaired) electrons. The van der Waals surface area contributed by atoms with Crippen molar-refractivity contribution in [2.45, 2.75) is 39.7 Å². The van der Waals surface area contributed by atoms with Crippen LogP contribution >= 0.6 is 11.6 Å². The zero-order valence-corrected chi connectivity index (χ0v) is 8.74. The van der Waals surface area contributed by atoms with Gasteiger partial charge >= 0.3 is 0 Å².